The molecular weight excluding hydrogens is 280 g/mol. The Kier molecular flexibility index (Phi) is 13.2. The molecule has 0 aromatic rings. The fourth-order valence-corrected chi connectivity index (χ4v) is 2.02. The van der Waals surface area contributed by atoms with Gasteiger partial charge in [0, 0.05) is 11.8 Å². The van der Waals surface area contributed by atoms with Crippen molar-refractivity contribution in [2.24, 2.45) is 0 Å². The lowest BCUT2D eigenvalue weighted by Gasteiger charge is -2.02. The average molecular weight is 303 g/mol. The van der Waals surface area contributed by atoms with E-state index in [0.717, 1.165) is 18.2 Å². The molecule has 0 unspecified atom stereocenters. The zero-order valence-corrected chi connectivity index (χ0v) is 12.1. The number of halogens is 1. The first-order valence-corrected chi connectivity index (χ1v) is 7.58. The van der Waals surface area contributed by atoms with Gasteiger partial charge in [0.1, 0.15) is 0 Å². The first-order valence-electron chi connectivity index (χ1n) is 6.46. The summed E-state index contributed by atoms with van der Waals surface area (Å²) in [5.41, 5.74) is 0. The van der Waals surface area contributed by atoms with Gasteiger partial charge in [0.25, 0.3) is 0 Å². The fraction of sp³-hybridized carbons (Fsp3) is 0.786. The molecular formula is C14H23BrO2. The van der Waals surface area contributed by atoms with Crippen LogP contribution in [0.15, 0.2) is 0 Å². The number of hydrogen-bond donors (Lipinski definition) is 0. The van der Waals surface area contributed by atoms with E-state index in [1.54, 1.807) is 0 Å². The van der Waals surface area contributed by atoms with Crippen molar-refractivity contribution < 1.29 is 9.53 Å². The summed E-state index contributed by atoms with van der Waals surface area (Å²) in [6.07, 6.45) is 15.3. The predicted octanol–water partition coefficient (Wildman–Crippen LogP) is 4.07. The molecule has 98 valence electrons. The zero-order chi connectivity index (χ0) is 12.8. The maximum atomic E-state index is 11.1. The van der Waals surface area contributed by atoms with E-state index in [4.69, 9.17) is 11.2 Å². The van der Waals surface area contributed by atoms with E-state index in [0.29, 0.717) is 6.42 Å². The molecule has 3 heteroatoms. The second kappa shape index (κ2) is 13.6. The van der Waals surface area contributed by atoms with Gasteiger partial charge in [-0.1, -0.05) is 60.4 Å². The number of alkyl halides is 1. The van der Waals surface area contributed by atoms with Gasteiger partial charge in [0.05, 0.1) is 0 Å². The number of rotatable bonds is 11. The van der Waals surface area contributed by atoms with Crippen molar-refractivity contribution in [3.63, 3.8) is 0 Å². The largest absolute Gasteiger partial charge is 0.452 e. The first-order chi connectivity index (χ1) is 8.31. The van der Waals surface area contributed by atoms with Crippen LogP contribution in [0.3, 0.4) is 0 Å². The van der Waals surface area contributed by atoms with E-state index in [9.17, 15) is 4.79 Å². The molecule has 0 aliphatic carbocycles. The van der Waals surface area contributed by atoms with Gasteiger partial charge in [-0.25, -0.2) is 0 Å². The van der Waals surface area contributed by atoms with Crippen molar-refractivity contribution in [3.05, 3.63) is 0 Å². The first kappa shape index (κ1) is 16.5. The van der Waals surface area contributed by atoms with Gasteiger partial charge in [-0.05, 0) is 12.8 Å². The molecule has 0 aliphatic rings. The van der Waals surface area contributed by atoms with E-state index in [-0.39, 0.29) is 12.6 Å². The Hall–Kier alpha value is -0.490. The van der Waals surface area contributed by atoms with Gasteiger partial charge in [-0.2, -0.15) is 0 Å². The number of terminal acetylenes is 1. The fourth-order valence-electron chi connectivity index (χ4n) is 1.62. The van der Waals surface area contributed by atoms with Crippen LogP contribution < -0.4 is 0 Å². The number of esters is 1. The van der Waals surface area contributed by atoms with E-state index >= 15 is 0 Å². The minimum absolute atomic E-state index is 0.104. The van der Waals surface area contributed by atoms with Crippen LogP contribution in [0.1, 0.15) is 57.8 Å². The standard InChI is InChI=1S/C14H23BrO2/c1-2-13-17-14(16)11-9-7-5-3-4-6-8-10-12-15/h1H,3-13H2. The van der Waals surface area contributed by atoms with Crippen molar-refractivity contribution in [2.45, 2.75) is 57.8 Å². The molecule has 0 saturated carbocycles. The molecule has 0 heterocycles. The molecule has 0 aromatic heterocycles. The van der Waals surface area contributed by atoms with Gasteiger partial charge in [-0.15, -0.1) is 6.42 Å². The second-order valence-corrected chi connectivity index (χ2v) is 4.93. The molecule has 0 bridgehead atoms. The smallest absolute Gasteiger partial charge is 0.306 e. The molecule has 0 saturated heterocycles. The highest BCUT2D eigenvalue weighted by molar-refractivity contribution is 9.09. The van der Waals surface area contributed by atoms with Gasteiger partial charge in [-0.3, -0.25) is 4.79 Å². The number of carbonyl (C=O) groups excluding carboxylic acids is 1. The Balaban J connectivity index is 3.08. The summed E-state index contributed by atoms with van der Waals surface area (Å²) in [7, 11) is 0. The summed E-state index contributed by atoms with van der Waals surface area (Å²) >= 11 is 3.43. The van der Waals surface area contributed by atoms with Gasteiger partial charge in [0.15, 0.2) is 6.61 Å². The molecule has 2 nitrogen and oxygen atoms in total. The highest BCUT2D eigenvalue weighted by Gasteiger charge is 2.00. The van der Waals surface area contributed by atoms with Crippen LogP contribution in [0.4, 0.5) is 0 Å². The Bertz CT molecular complexity index is 221. The molecule has 0 spiro atoms. The number of ether oxygens (including phenoxy) is 1. The van der Waals surface area contributed by atoms with Crippen LogP contribution in [0.2, 0.25) is 0 Å². The van der Waals surface area contributed by atoms with Crippen molar-refractivity contribution >= 4 is 21.9 Å². The van der Waals surface area contributed by atoms with Crippen molar-refractivity contribution in [2.75, 3.05) is 11.9 Å². The topological polar surface area (TPSA) is 26.3 Å². The highest BCUT2D eigenvalue weighted by Crippen LogP contribution is 2.10. The summed E-state index contributed by atoms with van der Waals surface area (Å²) in [6, 6.07) is 0. The zero-order valence-electron chi connectivity index (χ0n) is 10.5. The van der Waals surface area contributed by atoms with Crippen LogP contribution in [-0.2, 0) is 9.53 Å². The van der Waals surface area contributed by atoms with Crippen molar-refractivity contribution in [3.8, 4) is 12.3 Å². The third-order valence-corrected chi connectivity index (χ3v) is 3.14. The van der Waals surface area contributed by atoms with Gasteiger partial charge in [0.2, 0.25) is 0 Å². The maximum Gasteiger partial charge on any atom is 0.306 e. The molecule has 0 aromatic carbocycles. The Morgan fingerprint density at radius 2 is 1.53 bits per heavy atom. The third-order valence-electron chi connectivity index (χ3n) is 2.58. The predicted molar refractivity (Wildman–Crippen MR) is 75.1 cm³/mol. The molecule has 0 atom stereocenters. The number of unbranched alkanes of at least 4 members (excludes halogenated alkanes) is 7. The van der Waals surface area contributed by atoms with Crippen LogP contribution >= 0.6 is 15.9 Å². The Morgan fingerprint density at radius 1 is 1.00 bits per heavy atom. The lowest BCUT2D eigenvalue weighted by molar-refractivity contribution is -0.142. The summed E-state index contributed by atoms with van der Waals surface area (Å²) in [4.78, 5) is 11.1. The van der Waals surface area contributed by atoms with E-state index in [1.165, 1.54) is 38.5 Å². The Labute approximate surface area is 114 Å². The van der Waals surface area contributed by atoms with Crippen molar-refractivity contribution in [1.82, 2.24) is 0 Å². The van der Waals surface area contributed by atoms with E-state index < -0.39 is 0 Å². The summed E-state index contributed by atoms with van der Waals surface area (Å²) in [6.45, 7) is 0.104. The van der Waals surface area contributed by atoms with Crippen LogP contribution in [-0.4, -0.2) is 17.9 Å². The second-order valence-electron chi connectivity index (χ2n) is 4.13. The lowest BCUT2D eigenvalue weighted by Crippen LogP contribution is -2.03. The minimum atomic E-state index is -0.166. The van der Waals surface area contributed by atoms with Crippen LogP contribution in [0, 0.1) is 12.3 Å². The molecule has 0 amide bonds. The normalized spacial score (nSPS) is 9.88. The summed E-state index contributed by atoms with van der Waals surface area (Å²) < 4.78 is 4.78. The molecule has 0 N–H and O–H groups in total. The lowest BCUT2D eigenvalue weighted by atomic mass is 10.1. The number of hydrogen-bond acceptors (Lipinski definition) is 2. The Morgan fingerprint density at radius 3 is 2.06 bits per heavy atom. The maximum absolute atomic E-state index is 11.1. The van der Waals surface area contributed by atoms with E-state index in [2.05, 4.69) is 21.9 Å². The summed E-state index contributed by atoms with van der Waals surface area (Å²) in [5.74, 6) is 2.12. The van der Waals surface area contributed by atoms with E-state index in [1.807, 2.05) is 0 Å². The molecule has 0 rings (SSSR count). The quantitative estimate of drug-likeness (QED) is 0.249. The SMILES string of the molecule is C#CCOC(=O)CCCCCCCCCCBr. The van der Waals surface area contributed by atoms with Gasteiger partial charge >= 0.3 is 5.97 Å². The molecule has 0 fully saturated rings. The number of carbonyl (C=O) groups is 1. The van der Waals surface area contributed by atoms with Crippen LogP contribution in [0.5, 0.6) is 0 Å². The van der Waals surface area contributed by atoms with Crippen LogP contribution in [0.25, 0.3) is 0 Å². The monoisotopic (exact) mass is 302 g/mol. The van der Waals surface area contributed by atoms with Crippen molar-refractivity contribution in [1.29, 1.82) is 0 Å². The molecule has 0 aliphatic heterocycles. The summed E-state index contributed by atoms with van der Waals surface area (Å²) in [5, 5.41) is 1.12. The average Bonchev–Trinajstić information content (AvgIpc) is 2.34. The minimum Gasteiger partial charge on any atom is -0.452 e. The molecule has 17 heavy (non-hydrogen) atoms. The van der Waals surface area contributed by atoms with Gasteiger partial charge < -0.3 is 4.74 Å². The molecule has 0 radical (unpaired) electrons. The third kappa shape index (κ3) is 13.4. The highest BCUT2D eigenvalue weighted by atomic mass is 79.9.